The standard InChI is InChI=1S/C12H16N2O10S2/c1-25(19,20)23-13-9(15)3-7-5-11(17)14(24-26(2,21)22)12(18)6-8(7)4-10(13)16/h7-8H,3-6H2,1-2H3. The van der Waals surface area contributed by atoms with Crippen molar-refractivity contribution in [2.75, 3.05) is 12.5 Å². The normalized spacial score (nSPS) is 25.8. The third-order valence-corrected chi connectivity index (χ3v) is 4.58. The number of carbonyl (C=O) groups is 4. The number of rotatable bonds is 4. The Morgan fingerprint density at radius 2 is 0.885 bits per heavy atom. The van der Waals surface area contributed by atoms with Crippen molar-refractivity contribution in [3.8, 4) is 0 Å². The van der Waals surface area contributed by atoms with E-state index in [-0.39, 0.29) is 10.1 Å². The van der Waals surface area contributed by atoms with Crippen molar-refractivity contribution in [2.45, 2.75) is 25.7 Å². The van der Waals surface area contributed by atoms with Gasteiger partial charge in [-0.05, 0) is 11.8 Å². The Bertz CT molecular complexity index is 754. The molecule has 2 heterocycles. The van der Waals surface area contributed by atoms with Crippen LogP contribution in [-0.2, 0) is 48.0 Å². The Hall–Kier alpha value is -1.90. The fourth-order valence-corrected chi connectivity index (χ4v) is 3.63. The molecule has 2 rings (SSSR count). The second-order valence-electron chi connectivity index (χ2n) is 6.06. The summed E-state index contributed by atoms with van der Waals surface area (Å²) in [6.07, 6.45) is -0.418. The average molecular weight is 412 g/mol. The molecule has 0 spiro atoms. The summed E-state index contributed by atoms with van der Waals surface area (Å²) in [6, 6.07) is 0. The summed E-state index contributed by atoms with van der Waals surface area (Å²) in [5, 5.41) is 0.229. The fraction of sp³-hybridized carbons (Fsp3) is 0.667. The van der Waals surface area contributed by atoms with Gasteiger partial charge in [-0.15, -0.1) is 18.7 Å². The summed E-state index contributed by atoms with van der Waals surface area (Å²) in [7, 11) is -8.28. The second kappa shape index (κ2) is 7.02. The van der Waals surface area contributed by atoms with Gasteiger partial charge in [-0.1, -0.05) is 0 Å². The number of fused-ring (bicyclic) bond motifs is 1. The molecule has 0 radical (unpaired) electrons. The molecule has 0 unspecified atom stereocenters. The lowest BCUT2D eigenvalue weighted by atomic mass is 9.84. The van der Waals surface area contributed by atoms with Gasteiger partial charge >= 0.3 is 0 Å². The van der Waals surface area contributed by atoms with E-state index in [0.717, 1.165) is 0 Å². The largest absolute Gasteiger partial charge is 0.285 e. The molecule has 2 aliphatic rings. The Morgan fingerprint density at radius 1 is 0.654 bits per heavy atom. The van der Waals surface area contributed by atoms with E-state index >= 15 is 0 Å². The van der Waals surface area contributed by atoms with E-state index in [1.165, 1.54) is 0 Å². The Balaban J connectivity index is 2.27. The van der Waals surface area contributed by atoms with Crippen LogP contribution in [0.5, 0.6) is 0 Å². The molecule has 0 aliphatic carbocycles. The van der Waals surface area contributed by atoms with Crippen LogP contribution in [0.3, 0.4) is 0 Å². The molecule has 0 bridgehead atoms. The number of imide groups is 2. The van der Waals surface area contributed by atoms with Crippen LogP contribution in [0.1, 0.15) is 25.7 Å². The number of nitrogens with zero attached hydrogens (tertiary/aromatic N) is 2. The lowest BCUT2D eigenvalue weighted by Gasteiger charge is -2.17. The van der Waals surface area contributed by atoms with Crippen molar-refractivity contribution in [3.05, 3.63) is 0 Å². The van der Waals surface area contributed by atoms with Gasteiger partial charge in [0.2, 0.25) is 0 Å². The molecule has 2 fully saturated rings. The van der Waals surface area contributed by atoms with E-state index in [2.05, 4.69) is 8.57 Å². The van der Waals surface area contributed by atoms with Crippen molar-refractivity contribution < 1.29 is 44.6 Å². The maximum atomic E-state index is 12.1. The molecule has 26 heavy (non-hydrogen) atoms. The fourth-order valence-electron chi connectivity index (χ4n) is 2.76. The van der Waals surface area contributed by atoms with Crippen LogP contribution in [-0.4, -0.2) is 63.1 Å². The van der Waals surface area contributed by atoms with E-state index in [4.69, 9.17) is 0 Å². The Kier molecular flexibility index (Phi) is 5.51. The minimum atomic E-state index is -4.14. The quantitative estimate of drug-likeness (QED) is 0.486. The summed E-state index contributed by atoms with van der Waals surface area (Å²) >= 11 is 0. The van der Waals surface area contributed by atoms with Gasteiger partial charge in [0.1, 0.15) is 0 Å². The molecule has 0 aromatic carbocycles. The van der Waals surface area contributed by atoms with Gasteiger partial charge in [0.05, 0.1) is 12.5 Å². The van der Waals surface area contributed by atoms with E-state index < -0.39 is 81.4 Å². The summed E-state index contributed by atoms with van der Waals surface area (Å²) in [5.41, 5.74) is 0. The summed E-state index contributed by atoms with van der Waals surface area (Å²) in [5.74, 6) is -5.50. The predicted octanol–water partition coefficient (Wildman–Crippen LogP) is -1.70. The zero-order valence-electron chi connectivity index (χ0n) is 13.8. The first kappa shape index (κ1) is 20.4. The average Bonchev–Trinajstić information content (AvgIpc) is 2.60. The summed E-state index contributed by atoms with van der Waals surface area (Å²) in [6.45, 7) is 0. The maximum absolute atomic E-state index is 12.1. The highest BCUT2D eigenvalue weighted by Gasteiger charge is 2.44. The molecule has 12 nitrogen and oxygen atoms in total. The molecule has 0 aromatic heterocycles. The third kappa shape index (κ3) is 5.06. The van der Waals surface area contributed by atoms with E-state index in [9.17, 15) is 36.0 Å². The topological polar surface area (TPSA) is 161 Å². The number of hydrogen-bond acceptors (Lipinski definition) is 10. The van der Waals surface area contributed by atoms with Gasteiger partial charge in [0.15, 0.2) is 0 Å². The first-order valence-electron chi connectivity index (χ1n) is 7.27. The smallest absolute Gasteiger partial charge is 0.272 e. The molecule has 146 valence electrons. The van der Waals surface area contributed by atoms with Crippen molar-refractivity contribution in [2.24, 2.45) is 11.8 Å². The second-order valence-corrected chi connectivity index (χ2v) is 9.17. The van der Waals surface area contributed by atoms with Crippen molar-refractivity contribution in [3.63, 3.8) is 0 Å². The molecule has 0 saturated carbocycles. The molecule has 0 atom stereocenters. The van der Waals surface area contributed by atoms with Gasteiger partial charge in [0, 0.05) is 25.7 Å². The van der Waals surface area contributed by atoms with Crippen LogP contribution in [0, 0.1) is 11.8 Å². The zero-order chi connectivity index (χ0) is 19.9. The van der Waals surface area contributed by atoms with E-state index in [1.807, 2.05) is 0 Å². The van der Waals surface area contributed by atoms with Crippen LogP contribution >= 0.6 is 0 Å². The number of carbonyl (C=O) groups excluding carboxylic acids is 4. The maximum Gasteiger partial charge on any atom is 0.285 e. The van der Waals surface area contributed by atoms with Crippen molar-refractivity contribution in [1.82, 2.24) is 10.1 Å². The minimum absolute atomic E-state index is 0.115. The number of amides is 4. The van der Waals surface area contributed by atoms with Crippen molar-refractivity contribution in [1.29, 1.82) is 0 Å². The summed E-state index contributed by atoms with van der Waals surface area (Å²) < 4.78 is 53.5. The van der Waals surface area contributed by atoms with Gasteiger partial charge in [-0.2, -0.15) is 16.8 Å². The van der Waals surface area contributed by atoms with E-state index in [1.54, 1.807) is 0 Å². The highest BCUT2D eigenvalue weighted by molar-refractivity contribution is 7.86. The zero-order valence-corrected chi connectivity index (χ0v) is 15.4. The van der Waals surface area contributed by atoms with Gasteiger partial charge in [-0.3, -0.25) is 19.2 Å². The van der Waals surface area contributed by atoms with Crippen LogP contribution in [0.25, 0.3) is 0 Å². The molecule has 14 heteroatoms. The first-order valence-corrected chi connectivity index (χ1v) is 10.9. The lowest BCUT2D eigenvalue weighted by Crippen LogP contribution is -2.39. The predicted molar refractivity (Wildman–Crippen MR) is 81.0 cm³/mol. The molecular formula is C12H16N2O10S2. The van der Waals surface area contributed by atoms with E-state index in [0.29, 0.717) is 12.5 Å². The SMILES string of the molecule is CS(=O)(=O)ON1C(=O)CC2CC(=O)N(OS(C)(=O)=O)C(=O)CC2CC1=O. The van der Waals surface area contributed by atoms with Gasteiger partial charge in [0.25, 0.3) is 43.9 Å². The molecular weight excluding hydrogens is 396 g/mol. The Labute approximate surface area is 149 Å². The van der Waals surface area contributed by atoms with Crippen molar-refractivity contribution >= 4 is 43.9 Å². The number of hydroxylamine groups is 4. The molecule has 4 amide bonds. The van der Waals surface area contributed by atoms with Gasteiger partial charge < -0.3 is 0 Å². The number of hydrogen-bond donors (Lipinski definition) is 0. The molecule has 0 N–H and O–H groups in total. The highest BCUT2D eigenvalue weighted by atomic mass is 32.2. The lowest BCUT2D eigenvalue weighted by molar-refractivity contribution is -0.171. The van der Waals surface area contributed by atoms with Gasteiger partial charge in [-0.25, -0.2) is 0 Å². The highest BCUT2D eigenvalue weighted by Crippen LogP contribution is 2.35. The molecule has 2 saturated heterocycles. The monoisotopic (exact) mass is 412 g/mol. The van der Waals surface area contributed by atoms with Crippen LogP contribution in [0.2, 0.25) is 0 Å². The van der Waals surface area contributed by atoms with Crippen LogP contribution in [0.4, 0.5) is 0 Å². The molecule has 0 aromatic rings. The minimum Gasteiger partial charge on any atom is -0.272 e. The molecule has 2 aliphatic heterocycles. The Morgan fingerprint density at radius 3 is 1.08 bits per heavy atom. The first-order chi connectivity index (χ1) is 11.8. The van der Waals surface area contributed by atoms with Crippen LogP contribution < -0.4 is 0 Å². The summed E-state index contributed by atoms with van der Waals surface area (Å²) in [4.78, 5) is 48.6. The third-order valence-electron chi connectivity index (χ3n) is 3.74. The van der Waals surface area contributed by atoms with Crippen LogP contribution in [0.15, 0.2) is 0 Å².